The van der Waals surface area contributed by atoms with E-state index in [9.17, 15) is 4.79 Å². The zero-order valence-corrected chi connectivity index (χ0v) is 13.1. The first kappa shape index (κ1) is 13.5. The van der Waals surface area contributed by atoms with Crippen LogP contribution in [0.5, 0.6) is 0 Å². The SMILES string of the molecule is O=C1N[C@H]2CCC3=Nc4ccccc4CN3C2=Nc2ccccc21. The molecule has 3 aliphatic heterocycles. The van der Waals surface area contributed by atoms with Crippen LogP contribution in [0.15, 0.2) is 58.5 Å². The molecule has 1 saturated heterocycles. The highest BCUT2D eigenvalue weighted by Gasteiger charge is 2.36. The Morgan fingerprint density at radius 2 is 1.79 bits per heavy atom. The van der Waals surface area contributed by atoms with E-state index in [4.69, 9.17) is 9.98 Å². The van der Waals surface area contributed by atoms with E-state index in [1.54, 1.807) is 0 Å². The molecule has 5 nitrogen and oxygen atoms in total. The summed E-state index contributed by atoms with van der Waals surface area (Å²) in [5.74, 6) is 1.89. The third-order valence-corrected chi connectivity index (χ3v) is 4.81. The minimum Gasteiger partial charge on any atom is -0.342 e. The van der Waals surface area contributed by atoms with E-state index in [0.717, 1.165) is 42.4 Å². The van der Waals surface area contributed by atoms with Crippen molar-refractivity contribution in [3.63, 3.8) is 0 Å². The summed E-state index contributed by atoms with van der Waals surface area (Å²) in [6.07, 6.45) is 1.67. The maximum atomic E-state index is 12.5. The van der Waals surface area contributed by atoms with Gasteiger partial charge in [-0.3, -0.25) is 4.79 Å². The van der Waals surface area contributed by atoms with Gasteiger partial charge in [-0.15, -0.1) is 0 Å². The number of carbonyl (C=O) groups is 1. The summed E-state index contributed by atoms with van der Waals surface area (Å²) in [6.45, 7) is 0.752. The lowest BCUT2D eigenvalue weighted by Gasteiger charge is -2.38. The van der Waals surface area contributed by atoms with Crippen molar-refractivity contribution >= 4 is 29.0 Å². The van der Waals surface area contributed by atoms with Gasteiger partial charge >= 0.3 is 0 Å². The molecule has 1 atom stereocenters. The highest BCUT2D eigenvalue weighted by molar-refractivity contribution is 6.12. The molecular formula is C19H16N4O. The van der Waals surface area contributed by atoms with Crippen LogP contribution in [0.25, 0.3) is 0 Å². The second-order valence-corrected chi connectivity index (χ2v) is 6.29. The predicted octanol–water partition coefficient (Wildman–Crippen LogP) is 3.17. The van der Waals surface area contributed by atoms with Crippen LogP contribution >= 0.6 is 0 Å². The van der Waals surface area contributed by atoms with Crippen LogP contribution in [0.3, 0.4) is 0 Å². The molecule has 0 aliphatic carbocycles. The molecule has 0 aromatic heterocycles. The monoisotopic (exact) mass is 316 g/mol. The van der Waals surface area contributed by atoms with Crippen molar-refractivity contribution in [3.05, 3.63) is 59.7 Å². The molecule has 2 aromatic carbocycles. The predicted molar refractivity (Wildman–Crippen MR) is 93.1 cm³/mol. The molecule has 1 N–H and O–H groups in total. The highest BCUT2D eigenvalue weighted by Crippen LogP contribution is 2.33. The number of nitrogens with zero attached hydrogens (tertiary/aromatic N) is 3. The Balaban J connectivity index is 1.63. The zero-order valence-electron chi connectivity index (χ0n) is 13.1. The van der Waals surface area contributed by atoms with Crippen LogP contribution in [0.1, 0.15) is 28.8 Å². The summed E-state index contributed by atoms with van der Waals surface area (Å²) in [5.41, 5.74) is 3.59. The van der Waals surface area contributed by atoms with E-state index in [0.29, 0.717) is 5.56 Å². The number of rotatable bonds is 0. The van der Waals surface area contributed by atoms with Gasteiger partial charge in [-0.05, 0) is 30.2 Å². The molecule has 5 heteroatoms. The summed E-state index contributed by atoms with van der Waals surface area (Å²) in [7, 11) is 0. The van der Waals surface area contributed by atoms with E-state index in [1.165, 1.54) is 5.56 Å². The van der Waals surface area contributed by atoms with E-state index in [1.807, 2.05) is 36.4 Å². The molecule has 0 radical (unpaired) electrons. The maximum absolute atomic E-state index is 12.5. The Kier molecular flexibility index (Phi) is 2.82. The van der Waals surface area contributed by atoms with Gasteiger partial charge in [0.1, 0.15) is 11.7 Å². The summed E-state index contributed by atoms with van der Waals surface area (Å²) >= 11 is 0. The van der Waals surface area contributed by atoms with Crippen molar-refractivity contribution < 1.29 is 4.79 Å². The van der Waals surface area contributed by atoms with Crippen LogP contribution in [0, 0.1) is 0 Å². The number of aliphatic imine (C=N–C) groups is 2. The van der Waals surface area contributed by atoms with Gasteiger partial charge in [0.25, 0.3) is 5.91 Å². The fourth-order valence-corrected chi connectivity index (χ4v) is 3.61. The molecule has 0 saturated carbocycles. The van der Waals surface area contributed by atoms with Crippen molar-refractivity contribution in [2.45, 2.75) is 25.4 Å². The molecule has 1 amide bonds. The normalized spacial score (nSPS) is 21.2. The Morgan fingerprint density at radius 3 is 2.71 bits per heavy atom. The lowest BCUT2D eigenvalue weighted by Crippen LogP contribution is -2.54. The van der Waals surface area contributed by atoms with Gasteiger partial charge in [-0.2, -0.15) is 0 Å². The summed E-state index contributed by atoms with van der Waals surface area (Å²) in [5, 5.41) is 3.13. The Morgan fingerprint density at radius 1 is 1.00 bits per heavy atom. The molecule has 1 fully saturated rings. The number of fused-ring (bicyclic) bond motifs is 5. The first-order chi connectivity index (χ1) is 11.8. The molecule has 0 spiro atoms. The van der Waals surface area contributed by atoms with Crippen molar-refractivity contribution in [3.8, 4) is 0 Å². The number of piperidine rings is 1. The third-order valence-electron chi connectivity index (χ3n) is 4.81. The van der Waals surface area contributed by atoms with Crippen LogP contribution < -0.4 is 5.32 Å². The number of hydrogen-bond acceptors (Lipinski definition) is 4. The first-order valence-electron chi connectivity index (χ1n) is 8.21. The van der Waals surface area contributed by atoms with E-state index in [2.05, 4.69) is 22.3 Å². The third kappa shape index (κ3) is 1.98. The average molecular weight is 316 g/mol. The summed E-state index contributed by atoms with van der Waals surface area (Å²) in [6, 6.07) is 15.7. The minimum absolute atomic E-state index is 0.0489. The number of amides is 1. The standard InChI is InChI=1S/C19H16N4O/c24-19-13-6-2-4-8-15(13)21-18-16(22-19)9-10-17-20-14-7-3-1-5-12(14)11-23(17)18/h1-8,16H,9-11H2,(H,22,24)/t16-/m0/s1. The Bertz CT molecular complexity index is 915. The van der Waals surface area contributed by atoms with Crippen molar-refractivity contribution in [1.82, 2.24) is 10.2 Å². The fourth-order valence-electron chi connectivity index (χ4n) is 3.61. The van der Waals surface area contributed by atoms with Crippen molar-refractivity contribution in [2.24, 2.45) is 9.98 Å². The lowest BCUT2D eigenvalue weighted by atomic mass is 9.99. The van der Waals surface area contributed by atoms with Crippen LogP contribution in [-0.4, -0.2) is 28.5 Å². The Labute approximate surface area is 139 Å². The largest absolute Gasteiger partial charge is 0.342 e. The smallest absolute Gasteiger partial charge is 0.254 e. The minimum atomic E-state index is -0.0610. The van der Waals surface area contributed by atoms with Gasteiger partial charge < -0.3 is 10.2 Å². The van der Waals surface area contributed by atoms with Crippen molar-refractivity contribution in [2.75, 3.05) is 0 Å². The summed E-state index contributed by atoms with van der Waals surface area (Å²) in [4.78, 5) is 24.3. The molecule has 0 bridgehead atoms. The number of carbonyl (C=O) groups excluding carboxylic acids is 1. The molecule has 5 rings (SSSR count). The van der Waals surface area contributed by atoms with E-state index < -0.39 is 0 Å². The number of amidine groups is 2. The highest BCUT2D eigenvalue weighted by atomic mass is 16.1. The lowest BCUT2D eigenvalue weighted by molar-refractivity contribution is 0.0945. The number of benzene rings is 2. The van der Waals surface area contributed by atoms with Crippen LogP contribution in [0.2, 0.25) is 0 Å². The van der Waals surface area contributed by atoms with Gasteiger partial charge in [-0.25, -0.2) is 9.98 Å². The van der Waals surface area contributed by atoms with Crippen molar-refractivity contribution in [1.29, 1.82) is 0 Å². The van der Waals surface area contributed by atoms with Crippen LogP contribution in [0.4, 0.5) is 11.4 Å². The number of nitrogens with one attached hydrogen (secondary N) is 1. The molecule has 0 unspecified atom stereocenters. The molecule has 24 heavy (non-hydrogen) atoms. The van der Waals surface area contributed by atoms with Gasteiger partial charge in [0.15, 0.2) is 0 Å². The van der Waals surface area contributed by atoms with Gasteiger partial charge in [0, 0.05) is 6.42 Å². The zero-order chi connectivity index (χ0) is 16.1. The molecule has 3 heterocycles. The van der Waals surface area contributed by atoms with E-state index in [-0.39, 0.29) is 11.9 Å². The first-order valence-corrected chi connectivity index (χ1v) is 8.21. The van der Waals surface area contributed by atoms with Gasteiger partial charge in [0.2, 0.25) is 0 Å². The van der Waals surface area contributed by atoms with Gasteiger partial charge in [0.05, 0.1) is 29.5 Å². The number of hydrogen-bond donors (Lipinski definition) is 1. The second kappa shape index (κ2) is 5.03. The summed E-state index contributed by atoms with van der Waals surface area (Å²) < 4.78 is 0. The molecule has 118 valence electrons. The molecular weight excluding hydrogens is 300 g/mol. The Hall–Kier alpha value is -2.95. The maximum Gasteiger partial charge on any atom is 0.254 e. The van der Waals surface area contributed by atoms with Gasteiger partial charge in [-0.1, -0.05) is 30.3 Å². The second-order valence-electron chi connectivity index (χ2n) is 6.29. The quantitative estimate of drug-likeness (QED) is 0.811. The number of para-hydroxylation sites is 2. The average Bonchev–Trinajstić information content (AvgIpc) is 2.76. The van der Waals surface area contributed by atoms with Crippen LogP contribution in [-0.2, 0) is 6.54 Å². The topological polar surface area (TPSA) is 57.1 Å². The van der Waals surface area contributed by atoms with E-state index >= 15 is 0 Å². The molecule has 3 aliphatic rings. The molecule has 2 aromatic rings. The fraction of sp³-hybridized carbons (Fsp3) is 0.211.